The molecular weight excluding hydrogens is 787 g/mol. The zero-order valence-electron chi connectivity index (χ0n) is 39.4. The average Bonchev–Trinajstić information content (AvgIpc) is 3.74. The molecule has 3 heteroatoms. The highest BCUT2D eigenvalue weighted by Crippen LogP contribution is 2.42. The van der Waals surface area contributed by atoms with E-state index >= 15 is 0 Å². The summed E-state index contributed by atoms with van der Waals surface area (Å²) in [5, 5.41) is 6.57. The van der Waals surface area contributed by atoms with Crippen LogP contribution in [-0.4, -0.2) is 4.57 Å². The molecule has 0 radical (unpaired) electrons. The molecule has 0 saturated heterocycles. The van der Waals surface area contributed by atoms with E-state index < -0.39 is 0 Å². The molecule has 12 rings (SSSR count). The lowest BCUT2D eigenvalue weighted by Crippen LogP contribution is -2.10. The number of hydrogen-bond acceptors (Lipinski definition) is 2. The van der Waals surface area contributed by atoms with Crippen molar-refractivity contribution in [3.63, 3.8) is 0 Å². The number of aromatic nitrogens is 1. The van der Waals surface area contributed by atoms with Crippen LogP contribution < -0.4 is 9.80 Å². The molecule has 0 aliphatic carbocycles. The minimum absolute atomic E-state index is 0.104. The molecule has 0 unspecified atom stereocenters. The van der Waals surface area contributed by atoms with Crippen molar-refractivity contribution in [1.29, 1.82) is 0 Å². The van der Waals surface area contributed by atoms with E-state index in [1.807, 2.05) is 102 Å². The largest absolute Gasteiger partial charge is 0.310 e. The fourth-order valence-corrected chi connectivity index (χ4v) is 9.25. The number of para-hydroxylation sites is 3. The van der Waals surface area contributed by atoms with E-state index in [0.717, 1.165) is 72.4 Å². The van der Waals surface area contributed by atoms with Gasteiger partial charge in [-0.15, -0.1) is 0 Å². The fourth-order valence-electron chi connectivity index (χ4n) is 9.25. The van der Waals surface area contributed by atoms with Crippen molar-refractivity contribution in [3.05, 3.63) is 261 Å². The highest BCUT2D eigenvalue weighted by Gasteiger charge is 2.19. The van der Waals surface area contributed by atoms with Crippen LogP contribution in [0.1, 0.15) is 5.48 Å². The Morgan fingerprint density at radius 3 is 1.57 bits per heavy atom. The van der Waals surface area contributed by atoms with Gasteiger partial charge < -0.3 is 14.4 Å². The van der Waals surface area contributed by atoms with Crippen molar-refractivity contribution in [2.24, 2.45) is 0 Å². The Morgan fingerprint density at radius 1 is 0.277 bits per heavy atom. The molecule has 306 valence electrons. The molecule has 1 heterocycles. The lowest BCUT2D eigenvalue weighted by molar-refractivity contribution is 1.18. The summed E-state index contributed by atoms with van der Waals surface area (Å²) in [5.41, 5.74) is 10.9. The first-order valence-corrected chi connectivity index (χ1v) is 21.9. The van der Waals surface area contributed by atoms with Crippen LogP contribution in [0.3, 0.4) is 0 Å². The molecule has 0 bridgehead atoms. The van der Waals surface area contributed by atoms with Crippen LogP contribution in [0.2, 0.25) is 0 Å². The average molecular weight is 834 g/mol. The minimum atomic E-state index is -0.121. The van der Waals surface area contributed by atoms with Crippen LogP contribution in [0, 0.1) is 0 Å². The van der Waals surface area contributed by atoms with Gasteiger partial charge in [0.2, 0.25) is 0 Å². The van der Waals surface area contributed by atoms with Crippen molar-refractivity contribution in [1.82, 2.24) is 4.57 Å². The summed E-state index contributed by atoms with van der Waals surface area (Å²) in [6, 6.07) is 80.4. The molecule has 3 nitrogen and oxygen atoms in total. The Balaban J connectivity index is 0.972. The molecule has 0 saturated carbocycles. The summed E-state index contributed by atoms with van der Waals surface area (Å²) in [5.74, 6) is 0. The molecule has 0 N–H and O–H groups in total. The number of anilines is 6. The maximum atomic E-state index is 9.53. The van der Waals surface area contributed by atoms with E-state index in [4.69, 9.17) is 0 Å². The van der Waals surface area contributed by atoms with Gasteiger partial charge in [-0.2, -0.15) is 0 Å². The van der Waals surface area contributed by atoms with Crippen LogP contribution in [0.4, 0.5) is 34.1 Å². The SMILES string of the molecule is [2H]c1c([2H])c(N(c2ccccc2)c2cccc(-c3ccccc3)c2)c([2H])c([2H])c1-c1ccc2cc(N(c3ccc4ccccc4c3)c3ccc4c5ccccc5n(-c5ccccc5)c4c3)ccc2c1. The van der Waals surface area contributed by atoms with Crippen molar-refractivity contribution in [2.75, 3.05) is 9.80 Å². The quantitative estimate of drug-likeness (QED) is 0.144. The first-order chi connectivity index (χ1) is 33.9. The zero-order chi connectivity index (χ0) is 46.6. The third-order valence-corrected chi connectivity index (χ3v) is 12.4. The Kier molecular flexibility index (Phi) is 8.47. The molecule has 11 aromatic carbocycles. The Morgan fingerprint density at radius 2 is 0.785 bits per heavy atom. The van der Waals surface area contributed by atoms with Crippen molar-refractivity contribution in [2.45, 2.75) is 0 Å². The summed E-state index contributed by atoms with van der Waals surface area (Å²) in [6.07, 6.45) is 0. The monoisotopic (exact) mass is 833 g/mol. The molecule has 1 aromatic heterocycles. The predicted molar refractivity (Wildman–Crippen MR) is 276 cm³/mol. The van der Waals surface area contributed by atoms with Gasteiger partial charge >= 0.3 is 0 Å². The van der Waals surface area contributed by atoms with Crippen molar-refractivity contribution >= 4 is 77.5 Å². The Hall–Kier alpha value is -8.66. The van der Waals surface area contributed by atoms with E-state index in [9.17, 15) is 5.48 Å². The molecular formula is C62H43N3. The second kappa shape index (κ2) is 16.2. The lowest BCUT2D eigenvalue weighted by atomic mass is 9.99. The van der Waals surface area contributed by atoms with Gasteiger partial charge in [0.1, 0.15) is 0 Å². The van der Waals surface area contributed by atoms with Crippen LogP contribution in [0.15, 0.2) is 261 Å². The standard InChI is InChI=1S/C62H43N3/c1-4-15-44(16-5-1)48-19-14-24-55(40-48)63(52-20-6-2-7-21-52)54-33-29-46(30-34-54)49-27-28-51-42-57(36-32-50(51)39-49)64(56-35-31-45-17-10-11-18-47(45)41-56)58-37-38-60-59-25-12-13-26-61(59)65(62(60)43-58)53-22-8-3-9-23-53/h1-43H/i29D,30D,33D,34D. The maximum absolute atomic E-state index is 9.53. The predicted octanol–water partition coefficient (Wildman–Crippen LogP) is 17.4. The zero-order valence-corrected chi connectivity index (χ0v) is 35.4. The van der Waals surface area contributed by atoms with E-state index in [1.54, 1.807) is 0 Å². The third-order valence-electron chi connectivity index (χ3n) is 12.4. The topological polar surface area (TPSA) is 11.4 Å². The van der Waals surface area contributed by atoms with Gasteiger partial charge in [-0.1, -0.05) is 164 Å². The Labute approximate surface area is 384 Å². The van der Waals surface area contributed by atoms with E-state index in [0.29, 0.717) is 5.56 Å². The van der Waals surface area contributed by atoms with Crippen LogP contribution >= 0.6 is 0 Å². The molecule has 12 aromatic rings. The molecule has 0 aliphatic rings. The number of fused-ring (bicyclic) bond motifs is 5. The van der Waals surface area contributed by atoms with Crippen molar-refractivity contribution < 1.29 is 5.48 Å². The summed E-state index contributed by atoms with van der Waals surface area (Å²) < 4.78 is 40.4. The van der Waals surface area contributed by atoms with E-state index in [2.05, 4.69) is 149 Å². The highest BCUT2D eigenvalue weighted by atomic mass is 15.1. The number of rotatable bonds is 9. The summed E-state index contributed by atoms with van der Waals surface area (Å²) >= 11 is 0. The Bertz CT molecular complexity index is 3880. The first kappa shape index (κ1) is 33.9. The summed E-state index contributed by atoms with van der Waals surface area (Å²) in [6.45, 7) is 0. The number of nitrogens with zero attached hydrogens (tertiary/aromatic N) is 3. The second-order valence-corrected chi connectivity index (χ2v) is 16.3. The molecule has 65 heavy (non-hydrogen) atoms. The van der Waals surface area contributed by atoms with Gasteiger partial charge in [-0.25, -0.2) is 0 Å². The normalized spacial score (nSPS) is 12.2. The first-order valence-electron chi connectivity index (χ1n) is 23.9. The molecule has 0 aliphatic heterocycles. The van der Waals surface area contributed by atoms with Crippen molar-refractivity contribution in [3.8, 4) is 27.9 Å². The molecule has 0 atom stereocenters. The van der Waals surface area contributed by atoms with Gasteiger partial charge in [-0.05, 0) is 141 Å². The minimum Gasteiger partial charge on any atom is -0.310 e. The number of hydrogen-bond donors (Lipinski definition) is 0. The molecule has 0 spiro atoms. The maximum Gasteiger partial charge on any atom is 0.0645 e. The van der Waals surface area contributed by atoms with Gasteiger partial charge in [-0.3, -0.25) is 0 Å². The third kappa shape index (κ3) is 7.06. The van der Waals surface area contributed by atoms with E-state index in [1.165, 1.54) is 16.2 Å². The van der Waals surface area contributed by atoms with Crippen LogP contribution in [0.5, 0.6) is 0 Å². The fraction of sp³-hybridized carbons (Fsp3) is 0. The lowest BCUT2D eigenvalue weighted by Gasteiger charge is -2.27. The highest BCUT2D eigenvalue weighted by molar-refractivity contribution is 6.10. The van der Waals surface area contributed by atoms with Gasteiger partial charge in [0.25, 0.3) is 0 Å². The van der Waals surface area contributed by atoms with Gasteiger partial charge in [0.15, 0.2) is 0 Å². The second-order valence-electron chi connectivity index (χ2n) is 16.3. The van der Waals surface area contributed by atoms with Crippen LogP contribution in [-0.2, 0) is 0 Å². The number of benzene rings is 11. The summed E-state index contributed by atoms with van der Waals surface area (Å²) in [7, 11) is 0. The van der Waals surface area contributed by atoms with Crippen LogP contribution in [0.25, 0.3) is 71.3 Å². The smallest absolute Gasteiger partial charge is 0.0645 e. The summed E-state index contributed by atoms with van der Waals surface area (Å²) in [4.78, 5) is 4.14. The van der Waals surface area contributed by atoms with E-state index in [-0.39, 0.29) is 35.4 Å². The molecule has 0 fully saturated rings. The molecule has 0 amide bonds. The van der Waals surface area contributed by atoms with Gasteiger partial charge in [0.05, 0.1) is 16.5 Å². The van der Waals surface area contributed by atoms with Gasteiger partial charge in [0, 0.05) is 50.6 Å².